The van der Waals surface area contributed by atoms with Crippen molar-refractivity contribution < 1.29 is 29.2 Å². The molecule has 0 saturated carbocycles. The summed E-state index contributed by atoms with van der Waals surface area (Å²) in [4.78, 5) is 12.5. The number of para-hydroxylation sites is 1. The molecule has 1 aromatic heterocycles. The fraction of sp³-hybridized carbons (Fsp3) is 0.636. The van der Waals surface area contributed by atoms with E-state index in [4.69, 9.17) is 19.9 Å². The number of nitrogen functional groups attached to an aromatic ring is 1. The van der Waals surface area contributed by atoms with Crippen LogP contribution in [0.2, 0.25) is 0 Å². The predicted octanol–water partition coefficient (Wildman–Crippen LogP) is -0.441. The number of fused-ring (bicyclic) bond motifs is 1. The highest BCUT2D eigenvalue weighted by Gasteiger charge is 2.44. The van der Waals surface area contributed by atoms with Crippen molar-refractivity contribution in [3.8, 4) is 0 Å². The molecule has 4 unspecified atom stereocenters. The third-order valence-corrected chi connectivity index (χ3v) is 5.59. The van der Waals surface area contributed by atoms with Gasteiger partial charge in [-0.1, -0.05) is 19.1 Å². The standard InChI is InChI=1S/C22H35N5O6/c1-3-16-20(29)21(30)22(33-16)18-14-5-4-6-15(23)19(14)27(26-18)13-17(28)25-8-10-32-12-11-31-9-7-24-2/h4-6,16,20-22,24,29-30H,3,7-13,23H2,1-2H3,(H,25,28). The first-order chi connectivity index (χ1) is 16.0. The maximum Gasteiger partial charge on any atom is 0.241 e. The lowest BCUT2D eigenvalue weighted by Crippen LogP contribution is -2.31. The first-order valence-electron chi connectivity index (χ1n) is 11.3. The summed E-state index contributed by atoms with van der Waals surface area (Å²) in [6.07, 6.45) is -2.85. The van der Waals surface area contributed by atoms with Gasteiger partial charge in [0, 0.05) is 18.5 Å². The quantitative estimate of drug-likeness (QED) is 0.196. The minimum atomic E-state index is -1.11. The zero-order valence-corrected chi connectivity index (χ0v) is 19.2. The number of hydrogen-bond donors (Lipinski definition) is 5. The molecule has 4 atom stereocenters. The van der Waals surface area contributed by atoms with Gasteiger partial charge in [-0.05, 0) is 19.5 Å². The van der Waals surface area contributed by atoms with Crippen molar-refractivity contribution in [1.82, 2.24) is 20.4 Å². The van der Waals surface area contributed by atoms with Crippen LogP contribution in [0.1, 0.15) is 25.1 Å². The second-order valence-corrected chi connectivity index (χ2v) is 7.95. The van der Waals surface area contributed by atoms with Crippen LogP contribution in [0.25, 0.3) is 10.9 Å². The van der Waals surface area contributed by atoms with Gasteiger partial charge in [-0.15, -0.1) is 0 Å². The van der Waals surface area contributed by atoms with E-state index in [2.05, 4.69) is 15.7 Å². The third-order valence-electron chi connectivity index (χ3n) is 5.59. The summed E-state index contributed by atoms with van der Waals surface area (Å²) in [5, 5.41) is 31.8. The van der Waals surface area contributed by atoms with Crippen LogP contribution in [0.4, 0.5) is 5.69 Å². The van der Waals surface area contributed by atoms with Gasteiger partial charge in [0.25, 0.3) is 0 Å². The number of carbonyl (C=O) groups is 1. The Morgan fingerprint density at radius 2 is 1.91 bits per heavy atom. The highest BCUT2D eigenvalue weighted by molar-refractivity contribution is 5.93. The lowest BCUT2D eigenvalue weighted by atomic mass is 10.0. The van der Waals surface area contributed by atoms with E-state index in [0.717, 1.165) is 6.54 Å². The molecule has 0 radical (unpaired) electrons. The summed E-state index contributed by atoms with van der Waals surface area (Å²) >= 11 is 0. The molecule has 1 aromatic carbocycles. The first-order valence-corrected chi connectivity index (χ1v) is 11.3. The normalized spacial score (nSPS) is 22.8. The number of ether oxygens (including phenoxy) is 3. The fourth-order valence-corrected chi connectivity index (χ4v) is 3.88. The average Bonchev–Trinajstić information content (AvgIpc) is 3.30. The molecule has 33 heavy (non-hydrogen) atoms. The molecule has 1 aliphatic rings. The lowest BCUT2D eigenvalue weighted by Gasteiger charge is -2.12. The number of aliphatic hydroxyl groups excluding tert-OH is 2. The fourth-order valence-electron chi connectivity index (χ4n) is 3.88. The van der Waals surface area contributed by atoms with E-state index in [1.807, 2.05) is 20.0 Å². The van der Waals surface area contributed by atoms with Crippen molar-refractivity contribution >= 4 is 22.5 Å². The zero-order valence-electron chi connectivity index (χ0n) is 19.2. The van der Waals surface area contributed by atoms with Gasteiger partial charge in [0.05, 0.1) is 43.7 Å². The van der Waals surface area contributed by atoms with Gasteiger partial charge >= 0.3 is 0 Å². The molecule has 0 spiro atoms. The molecule has 2 aromatic rings. The molecule has 1 fully saturated rings. The van der Waals surface area contributed by atoms with Crippen molar-refractivity contribution in [1.29, 1.82) is 0 Å². The number of aliphatic hydroxyl groups is 2. The number of hydrogen-bond acceptors (Lipinski definition) is 9. The minimum absolute atomic E-state index is 0.0551. The van der Waals surface area contributed by atoms with Crippen LogP contribution in [-0.4, -0.2) is 90.8 Å². The van der Waals surface area contributed by atoms with Crippen molar-refractivity contribution in [2.45, 2.75) is 44.3 Å². The van der Waals surface area contributed by atoms with Crippen LogP contribution in [0, 0.1) is 0 Å². The van der Waals surface area contributed by atoms with E-state index in [1.54, 1.807) is 12.1 Å². The molecular weight excluding hydrogens is 430 g/mol. The van der Waals surface area contributed by atoms with Gasteiger partial charge in [-0.2, -0.15) is 5.10 Å². The average molecular weight is 466 g/mol. The van der Waals surface area contributed by atoms with E-state index in [1.165, 1.54) is 4.68 Å². The molecule has 0 bridgehead atoms. The van der Waals surface area contributed by atoms with Crippen LogP contribution in [0.3, 0.4) is 0 Å². The van der Waals surface area contributed by atoms with Crippen LogP contribution >= 0.6 is 0 Å². The Morgan fingerprint density at radius 3 is 2.58 bits per heavy atom. The number of nitrogens with zero attached hydrogens (tertiary/aromatic N) is 2. The lowest BCUT2D eigenvalue weighted by molar-refractivity contribution is -0.122. The maximum absolute atomic E-state index is 12.5. The van der Waals surface area contributed by atoms with Gasteiger partial charge in [0.1, 0.15) is 30.6 Å². The number of rotatable bonds is 13. The number of nitrogens with one attached hydrogen (secondary N) is 2. The SMILES string of the molecule is CCC1OC(c2nn(CC(=O)NCCOCCOCCNC)c3c(N)cccc23)C(O)C1O. The van der Waals surface area contributed by atoms with Gasteiger partial charge in [-0.25, -0.2) is 0 Å². The monoisotopic (exact) mass is 465 g/mol. The molecule has 2 heterocycles. The summed E-state index contributed by atoms with van der Waals surface area (Å²) < 4.78 is 18.2. The molecule has 11 heteroatoms. The second-order valence-electron chi connectivity index (χ2n) is 7.95. The topological polar surface area (TPSA) is 153 Å². The predicted molar refractivity (Wildman–Crippen MR) is 123 cm³/mol. The first kappa shape index (κ1) is 25.3. The highest BCUT2D eigenvalue weighted by atomic mass is 16.5. The number of likely N-dealkylation sites (N-methyl/N-ethyl adjacent to an activating group) is 1. The number of benzene rings is 1. The van der Waals surface area contributed by atoms with E-state index in [-0.39, 0.29) is 12.5 Å². The van der Waals surface area contributed by atoms with Gasteiger partial charge in [0.2, 0.25) is 5.91 Å². The number of nitrogens with two attached hydrogens (primary N) is 1. The van der Waals surface area contributed by atoms with E-state index in [0.29, 0.717) is 61.7 Å². The number of aromatic nitrogens is 2. The summed E-state index contributed by atoms with van der Waals surface area (Å²) in [5.41, 5.74) is 7.68. The Labute approximate surface area is 193 Å². The van der Waals surface area contributed by atoms with Crippen molar-refractivity contribution in [3.63, 3.8) is 0 Å². The van der Waals surface area contributed by atoms with Gasteiger partial charge in [-0.3, -0.25) is 9.48 Å². The second kappa shape index (κ2) is 12.3. The van der Waals surface area contributed by atoms with Crippen LogP contribution in [0.5, 0.6) is 0 Å². The van der Waals surface area contributed by atoms with Crippen molar-refractivity contribution in [2.75, 3.05) is 52.3 Å². The summed E-state index contributed by atoms with van der Waals surface area (Å²) in [6, 6.07) is 5.32. The summed E-state index contributed by atoms with van der Waals surface area (Å²) in [7, 11) is 1.86. The van der Waals surface area contributed by atoms with Crippen LogP contribution in [-0.2, 0) is 25.5 Å². The highest BCUT2D eigenvalue weighted by Crippen LogP contribution is 2.38. The Hall–Kier alpha value is -2.28. The van der Waals surface area contributed by atoms with Crippen molar-refractivity contribution in [2.24, 2.45) is 0 Å². The molecule has 184 valence electrons. The Balaban J connectivity index is 1.59. The van der Waals surface area contributed by atoms with Gasteiger partial charge in [0.15, 0.2) is 0 Å². The molecule has 0 aliphatic carbocycles. The minimum Gasteiger partial charge on any atom is -0.397 e. The maximum atomic E-state index is 12.5. The smallest absolute Gasteiger partial charge is 0.241 e. The molecule has 1 amide bonds. The molecule has 3 rings (SSSR count). The molecule has 1 saturated heterocycles. The number of carbonyl (C=O) groups excluding carboxylic acids is 1. The van der Waals surface area contributed by atoms with Crippen LogP contribution < -0.4 is 16.4 Å². The Morgan fingerprint density at radius 1 is 1.18 bits per heavy atom. The van der Waals surface area contributed by atoms with E-state index >= 15 is 0 Å². The Bertz CT molecular complexity index is 907. The Kier molecular flexibility index (Phi) is 9.41. The number of amides is 1. The summed E-state index contributed by atoms with van der Waals surface area (Å²) in [6.45, 7) is 4.91. The number of anilines is 1. The molecule has 6 N–H and O–H groups in total. The zero-order chi connectivity index (χ0) is 23.8. The largest absolute Gasteiger partial charge is 0.397 e. The van der Waals surface area contributed by atoms with Gasteiger partial charge < -0.3 is 40.8 Å². The summed E-state index contributed by atoms with van der Waals surface area (Å²) in [5.74, 6) is -0.248. The molecular formula is C22H35N5O6. The van der Waals surface area contributed by atoms with Crippen molar-refractivity contribution in [3.05, 3.63) is 23.9 Å². The van der Waals surface area contributed by atoms with E-state index in [9.17, 15) is 15.0 Å². The van der Waals surface area contributed by atoms with E-state index < -0.39 is 24.4 Å². The van der Waals surface area contributed by atoms with Crippen LogP contribution in [0.15, 0.2) is 18.2 Å². The third kappa shape index (κ3) is 6.19. The molecule has 1 aliphatic heterocycles. The molecule has 11 nitrogen and oxygen atoms in total.